The van der Waals surface area contributed by atoms with E-state index in [1.54, 1.807) is 0 Å². The van der Waals surface area contributed by atoms with Gasteiger partial charge in [0.05, 0.1) is 0 Å². The number of aryl methyl sites for hydroxylation is 2. The second-order valence-electron chi connectivity index (χ2n) is 5.45. The van der Waals surface area contributed by atoms with Gasteiger partial charge in [0.15, 0.2) is 12.4 Å². The summed E-state index contributed by atoms with van der Waals surface area (Å²) in [4.78, 5) is 0. The molecule has 2 aromatic heterocycles. The van der Waals surface area contributed by atoms with E-state index in [1.165, 1.54) is 38.2 Å². The van der Waals surface area contributed by atoms with Crippen LogP contribution in [-0.2, 0) is 0 Å². The summed E-state index contributed by atoms with van der Waals surface area (Å²) < 4.78 is 2.24. The van der Waals surface area contributed by atoms with Crippen molar-refractivity contribution in [1.29, 1.82) is 0 Å². The van der Waals surface area contributed by atoms with Crippen LogP contribution in [0.1, 0.15) is 11.1 Å². The number of aromatic nitrogens is 1. The molecule has 0 fully saturated rings. The van der Waals surface area contributed by atoms with Crippen LogP contribution in [0.15, 0.2) is 60.9 Å². The van der Waals surface area contributed by atoms with Crippen molar-refractivity contribution in [2.24, 2.45) is 0 Å². The summed E-state index contributed by atoms with van der Waals surface area (Å²) >= 11 is 0. The van der Waals surface area contributed by atoms with Crippen molar-refractivity contribution in [2.75, 3.05) is 0 Å². The van der Waals surface area contributed by atoms with Gasteiger partial charge in [-0.2, -0.15) is 4.40 Å². The summed E-state index contributed by atoms with van der Waals surface area (Å²) in [5.74, 6) is 0. The lowest BCUT2D eigenvalue weighted by Crippen LogP contribution is -3.00. The number of benzene rings is 2. The van der Waals surface area contributed by atoms with Gasteiger partial charge in [0.2, 0.25) is 5.52 Å². The van der Waals surface area contributed by atoms with E-state index < -0.39 is 0 Å². The first kappa shape index (κ1) is 13.8. The molecule has 0 aliphatic rings. The maximum absolute atomic E-state index is 2.24. The van der Waals surface area contributed by atoms with Crippen molar-refractivity contribution in [3.63, 3.8) is 0 Å². The minimum Gasteiger partial charge on any atom is -1.00 e. The van der Waals surface area contributed by atoms with Gasteiger partial charge in [0.25, 0.3) is 0 Å². The van der Waals surface area contributed by atoms with Gasteiger partial charge in [-0.05, 0) is 36.8 Å². The second-order valence-corrected chi connectivity index (χ2v) is 5.45. The third-order valence-corrected chi connectivity index (χ3v) is 4.19. The van der Waals surface area contributed by atoms with Crippen LogP contribution in [0, 0.1) is 13.8 Å². The van der Waals surface area contributed by atoms with E-state index in [9.17, 15) is 0 Å². The molecule has 0 aliphatic heterocycles. The zero-order valence-corrected chi connectivity index (χ0v) is 12.9. The predicted molar refractivity (Wildman–Crippen MR) is 84.1 cm³/mol. The minimum atomic E-state index is 0. The van der Waals surface area contributed by atoms with Gasteiger partial charge in [-0.3, -0.25) is 0 Å². The summed E-state index contributed by atoms with van der Waals surface area (Å²) in [6, 6.07) is 17.3. The van der Waals surface area contributed by atoms with E-state index in [0.29, 0.717) is 0 Å². The summed E-state index contributed by atoms with van der Waals surface area (Å²) in [6.45, 7) is 4.41. The fourth-order valence-corrected chi connectivity index (χ4v) is 3.32. The minimum absolute atomic E-state index is 0. The van der Waals surface area contributed by atoms with Crippen LogP contribution >= 0.6 is 0 Å². The van der Waals surface area contributed by atoms with Crippen molar-refractivity contribution >= 4 is 27.1 Å². The van der Waals surface area contributed by atoms with Crippen molar-refractivity contribution in [3.8, 4) is 0 Å². The highest BCUT2D eigenvalue weighted by Crippen LogP contribution is 2.29. The molecule has 4 aromatic rings. The maximum atomic E-state index is 2.24. The topological polar surface area (TPSA) is 4.10 Å². The van der Waals surface area contributed by atoms with E-state index in [2.05, 4.69) is 79.2 Å². The number of hydrogen-bond donors (Lipinski definition) is 0. The van der Waals surface area contributed by atoms with Crippen LogP contribution < -0.4 is 16.8 Å². The zero-order valence-electron chi connectivity index (χ0n) is 12.1. The Morgan fingerprint density at radius 3 is 2.43 bits per heavy atom. The molecule has 0 bridgehead atoms. The molecule has 2 heteroatoms. The first-order chi connectivity index (χ1) is 9.75. The lowest BCUT2D eigenvalue weighted by Gasteiger charge is -2.07. The SMILES string of the molecule is Cc1ccc[n+]2cc3ccc4ccccc4c3c(C)c12.[Cl-]. The molecule has 0 N–H and O–H groups in total. The summed E-state index contributed by atoms with van der Waals surface area (Å²) in [5, 5.41) is 5.32. The van der Waals surface area contributed by atoms with E-state index in [0.717, 1.165) is 0 Å². The van der Waals surface area contributed by atoms with E-state index in [1.807, 2.05) is 0 Å². The lowest BCUT2D eigenvalue weighted by molar-refractivity contribution is -0.510. The molecule has 2 heterocycles. The molecule has 4 rings (SSSR count). The van der Waals surface area contributed by atoms with Gasteiger partial charge in [0.1, 0.15) is 0 Å². The van der Waals surface area contributed by atoms with Crippen LogP contribution in [0.25, 0.3) is 27.1 Å². The van der Waals surface area contributed by atoms with Gasteiger partial charge < -0.3 is 12.4 Å². The molecule has 0 radical (unpaired) electrons. The normalized spacial score (nSPS) is 11.0. The van der Waals surface area contributed by atoms with Crippen molar-refractivity contribution in [2.45, 2.75) is 13.8 Å². The van der Waals surface area contributed by atoms with Gasteiger partial charge in [-0.25, -0.2) is 0 Å². The molecular formula is C19H16ClN. The van der Waals surface area contributed by atoms with Crippen LogP contribution in [0.4, 0.5) is 0 Å². The molecule has 1 nitrogen and oxygen atoms in total. The Bertz CT molecular complexity index is 973. The third kappa shape index (κ3) is 1.97. The average molecular weight is 294 g/mol. The number of halogens is 1. The van der Waals surface area contributed by atoms with E-state index >= 15 is 0 Å². The molecule has 2 aromatic carbocycles. The lowest BCUT2D eigenvalue weighted by atomic mass is 9.98. The quantitative estimate of drug-likeness (QED) is 0.262. The smallest absolute Gasteiger partial charge is 0.217 e. The summed E-state index contributed by atoms with van der Waals surface area (Å²) in [6.07, 6.45) is 4.36. The van der Waals surface area contributed by atoms with Crippen molar-refractivity contribution < 1.29 is 16.8 Å². The van der Waals surface area contributed by atoms with Gasteiger partial charge in [0, 0.05) is 28.0 Å². The van der Waals surface area contributed by atoms with Crippen LogP contribution in [0.2, 0.25) is 0 Å². The Morgan fingerprint density at radius 1 is 0.810 bits per heavy atom. The number of nitrogens with zero attached hydrogens (tertiary/aromatic N) is 1. The van der Waals surface area contributed by atoms with Crippen molar-refractivity contribution in [1.82, 2.24) is 0 Å². The van der Waals surface area contributed by atoms with E-state index in [4.69, 9.17) is 0 Å². The molecular weight excluding hydrogens is 278 g/mol. The molecule has 104 valence electrons. The molecule has 0 aliphatic carbocycles. The Balaban J connectivity index is 0.00000132. The highest BCUT2D eigenvalue weighted by atomic mass is 35.5. The molecule has 0 atom stereocenters. The number of pyridine rings is 2. The Morgan fingerprint density at radius 2 is 1.57 bits per heavy atom. The third-order valence-electron chi connectivity index (χ3n) is 4.19. The van der Waals surface area contributed by atoms with Crippen LogP contribution in [0.5, 0.6) is 0 Å². The monoisotopic (exact) mass is 293 g/mol. The molecule has 0 saturated carbocycles. The molecule has 0 spiro atoms. The first-order valence-electron chi connectivity index (χ1n) is 6.97. The van der Waals surface area contributed by atoms with Gasteiger partial charge in [-0.1, -0.05) is 30.3 Å². The Labute approximate surface area is 130 Å². The molecule has 0 saturated heterocycles. The predicted octanol–water partition coefficient (Wildman–Crippen LogP) is 1.35. The number of rotatable bonds is 0. The highest BCUT2D eigenvalue weighted by Gasteiger charge is 2.14. The fourth-order valence-electron chi connectivity index (χ4n) is 3.32. The van der Waals surface area contributed by atoms with Crippen LogP contribution in [-0.4, -0.2) is 0 Å². The standard InChI is InChI=1S/C19H16N.ClH/c1-13-6-5-11-20-12-16-10-9-15-7-3-4-8-17(15)18(16)14(2)19(13)20;/h3-12H,1-2H3;1H/q+1;/p-1. The Kier molecular flexibility index (Phi) is 3.30. The average Bonchev–Trinajstić information content (AvgIpc) is 2.47. The summed E-state index contributed by atoms with van der Waals surface area (Å²) in [5.41, 5.74) is 3.99. The fraction of sp³-hybridized carbons (Fsp3) is 0.105. The first-order valence-corrected chi connectivity index (χ1v) is 6.97. The largest absolute Gasteiger partial charge is 1.00 e. The van der Waals surface area contributed by atoms with Crippen molar-refractivity contribution in [3.05, 3.63) is 72.1 Å². The maximum Gasteiger partial charge on any atom is 0.217 e. The van der Waals surface area contributed by atoms with Gasteiger partial charge in [-0.15, -0.1) is 0 Å². The summed E-state index contributed by atoms with van der Waals surface area (Å²) in [7, 11) is 0. The highest BCUT2D eigenvalue weighted by molar-refractivity contribution is 6.10. The van der Waals surface area contributed by atoms with E-state index in [-0.39, 0.29) is 12.4 Å². The molecule has 0 amide bonds. The van der Waals surface area contributed by atoms with Gasteiger partial charge >= 0.3 is 0 Å². The zero-order chi connectivity index (χ0) is 13.7. The van der Waals surface area contributed by atoms with Crippen LogP contribution in [0.3, 0.4) is 0 Å². The Hall–Kier alpha value is -2.12. The number of fused-ring (bicyclic) bond motifs is 4. The second kappa shape index (κ2) is 5.01. The number of hydrogen-bond acceptors (Lipinski definition) is 0. The molecule has 21 heavy (non-hydrogen) atoms. The molecule has 0 unspecified atom stereocenters.